The molecule has 2 aromatic heterocycles. The molecular weight excluding hydrogens is 380 g/mol. The Morgan fingerprint density at radius 1 is 1.23 bits per heavy atom. The number of ether oxygens (including phenoxy) is 1. The largest absolute Gasteiger partial charge is 0.375 e. The number of benzene rings is 1. The monoisotopic (exact) mass is 406 g/mol. The summed E-state index contributed by atoms with van der Waals surface area (Å²) in [5.41, 5.74) is 3.04. The van der Waals surface area contributed by atoms with Crippen molar-refractivity contribution in [2.75, 3.05) is 19.7 Å². The van der Waals surface area contributed by atoms with Crippen molar-refractivity contribution < 1.29 is 9.53 Å². The molecule has 1 aliphatic rings. The second kappa shape index (κ2) is 9.60. The molecule has 30 heavy (non-hydrogen) atoms. The van der Waals surface area contributed by atoms with E-state index in [0.29, 0.717) is 25.4 Å². The Bertz CT molecular complexity index is 961. The van der Waals surface area contributed by atoms with Crippen LogP contribution in [0.5, 0.6) is 0 Å². The van der Waals surface area contributed by atoms with Crippen LogP contribution in [0.25, 0.3) is 5.82 Å². The molecule has 0 bridgehead atoms. The van der Waals surface area contributed by atoms with E-state index in [1.165, 1.54) is 11.9 Å². The molecule has 1 aliphatic heterocycles. The van der Waals surface area contributed by atoms with Gasteiger partial charge in [0, 0.05) is 37.4 Å². The number of morpholine rings is 1. The van der Waals surface area contributed by atoms with Crippen LogP contribution in [0, 0.1) is 6.92 Å². The van der Waals surface area contributed by atoms with Crippen LogP contribution in [0.3, 0.4) is 0 Å². The van der Waals surface area contributed by atoms with Gasteiger partial charge in [-0.3, -0.25) is 9.69 Å². The summed E-state index contributed by atoms with van der Waals surface area (Å²) >= 11 is 0. The van der Waals surface area contributed by atoms with Crippen molar-refractivity contribution in [3.63, 3.8) is 0 Å². The quantitative estimate of drug-likeness (QED) is 0.645. The average Bonchev–Trinajstić information content (AvgIpc) is 3.29. The lowest BCUT2D eigenvalue weighted by atomic mass is 10.1. The molecule has 0 spiro atoms. The number of nitrogens with zero attached hydrogens (tertiary/aromatic N) is 5. The van der Waals surface area contributed by atoms with Crippen LogP contribution < -0.4 is 5.32 Å². The molecule has 0 saturated carbocycles. The molecule has 1 fully saturated rings. The molecule has 156 valence electrons. The van der Waals surface area contributed by atoms with Gasteiger partial charge in [0.1, 0.15) is 12.7 Å². The van der Waals surface area contributed by atoms with Gasteiger partial charge in [0.25, 0.3) is 0 Å². The highest BCUT2D eigenvalue weighted by Crippen LogP contribution is 2.14. The maximum absolute atomic E-state index is 12.5. The van der Waals surface area contributed by atoms with E-state index in [4.69, 9.17) is 4.74 Å². The highest BCUT2D eigenvalue weighted by molar-refractivity contribution is 5.76. The minimum absolute atomic E-state index is 0.0355. The minimum Gasteiger partial charge on any atom is -0.375 e. The minimum atomic E-state index is -0.103. The van der Waals surface area contributed by atoms with E-state index in [-0.39, 0.29) is 12.0 Å². The van der Waals surface area contributed by atoms with Crippen LogP contribution in [0.1, 0.15) is 23.2 Å². The van der Waals surface area contributed by atoms with Crippen molar-refractivity contribution in [1.82, 2.24) is 30.0 Å². The molecule has 1 aromatic carbocycles. The molecule has 1 saturated heterocycles. The number of hydrogen-bond donors (Lipinski definition) is 1. The zero-order valence-corrected chi connectivity index (χ0v) is 17.1. The fraction of sp³-hybridized carbons (Fsp3) is 0.364. The van der Waals surface area contributed by atoms with E-state index in [0.717, 1.165) is 30.9 Å². The smallest absolute Gasteiger partial charge is 0.222 e. The summed E-state index contributed by atoms with van der Waals surface area (Å²) in [6.07, 6.45) is 3.30. The molecule has 1 amide bonds. The lowest BCUT2D eigenvalue weighted by molar-refractivity contribution is -0.126. The maximum atomic E-state index is 12.5. The first-order valence-electron chi connectivity index (χ1n) is 10.1. The number of pyridine rings is 1. The molecule has 1 N–H and O–H groups in total. The average molecular weight is 406 g/mol. The summed E-state index contributed by atoms with van der Waals surface area (Å²) < 4.78 is 7.44. The van der Waals surface area contributed by atoms with Crippen molar-refractivity contribution in [1.29, 1.82) is 0 Å². The summed E-state index contributed by atoms with van der Waals surface area (Å²) in [4.78, 5) is 23.4. The standard InChI is InChI=1S/C22H26N6O2/c1-17-7-8-19(22(26-17)28-16-23-15-25-28)12-24-21(29)11-20-14-27(9-10-30-20)13-18-5-3-2-4-6-18/h2-8,15-16,20H,9-14H2,1H3,(H,24,29)/t20-/m1/s1. The van der Waals surface area contributed by atoms with E-state index in [1.54, 1.807) is 11.0 Å². The van der Waals surface area contributed by atoms with Crippen molar-refractivity contribution in [2.45, 2.75) is 32.5 Å². The van der Waals surface area contributed by atoms with Gasteiger partial charge in [0.15, 0.2) is 5.82 Å². The molecule has 0 unspecified atom stereocenters. The normalized spacial score (nSPS) is 17.0. The summed E-state index contributed by atoms with van der Waals surface area (Å²) in [5, 5.41) is 7.15. The molecule has 3 aromatic rings. The molecule has 8 heteroatoms. The Labute approximate surface area is 175 Å². The van der Waals surface area contributed by atoms with Crippen molar-refractivity contribution >= 4 is 5.91 Å². The van der Waals surface area contributed by atoms with E-state index in [9.17, 15) is 4.79 Å². The van der Waals surface area contributed by atoms with Gasteiger partial charge in [-0.2, -0.15) is 5.10 Å². The Morgan fingerprint density at radius 3 is 2.90 bits per heavy atom. The summed E-state index contributed by atoms with van der Waals surface area (Å²) in [6, 6.07) is 14.3. The first-order chi connectivity index (χ1) is 14.7. The van der Waals surface area contributed by atoms with Gasteiger partial charge < -0.3 is 10.1 Å². The number of aryl methyl sites for hydroxylation is 1. The number of rotatable bonds is 7. The number of hydrogen-bond acceptors (Lipinski definition) is 6. The highest BCUT2D eigenvalue weighted by atomic mass is 16.5. The SMILES string of the molecule is Cc1ccc(CNC(=O)C[C@@H]2CN(Cc3ccccc3)CCO2)c(-n2cncn2)n1. The van der Waals surface area contributed by atoms with Crippen LogP contribution >= 0.6 is 0 Å². The molecule has 3 heterocycles. The Morgan fingerprint density at radius 2 is 2.10 bits per heavy atom. The fourth-order valence-corrected chi connectivity index (χ4v) is 3.59. The lowest BCUT2D eigenvalue weighted by Crippen LogP contribution is -2.44. The third kappa shape index (κ3) is 5.28. The topological polar surface area (TPSA) is 85.2 Å². The maximum Gasteiger partial charge on any atom is 0.222 e. The number of carbonyl (C=O) groups excluding carboxylic acids is 1. The lowest BCUT2D eigenvalue weighted by Gasteiger charge is -2.32. The van der Waals surface area contributed by atoms with Gasteiger partial charge in [0.05, 0.1) is 19.1 Å². The van der Waals surface area contributed by atoms with Gasteiger partial charge in [-0.1, -0.05) is 36.4 Å². The number of nitrogens with one attached hydrogen (secondary N) is 1. The zero-order valence-electron chi connectivity index (χ0n) is 17.1. The first kappa shape index (κ1) is 20.2. The highest BCUT2D eigenvalue weighted by Gasteiger charge is 2.23. The number of carbonyl (C=O) groups is 1. The summed E-state index contributed by atoms with van der Waals surface area (Å²) in [7, 11) is 0. The van der Waals surface area contributed by atoms with E-state index < -0.39 is 0 Å². The zero-order chi connectivity index (χ0) is 20.8. The van der Waals surface area contributed by atoms with Crippen molar-refractivity contribution in [2.24, 2.45) is 0 Å². The molecule has 1 atom stereocenters. The van der Waals surface area contributed by atoms with Crippen LogP contribution in [0.4, 0.5) is 0 Å². The number of amides is 1. The van der Waals surface area contributed by atoms with Crippen LogP contribution in [0.2, 0.25) is 0 Å². The van der Waals surface area contributed by atoms with Crippen LogP contribution in [-0.2, 0) is 22.6 Å². The predicted molar refractivity (Wildman–Crippen MR) is 112 cm³/mol. The first-order valence-corrected chi connectivity index (χ1v) is 10.1. The van der Waals surface area contributed by atoms with Gasteiger partial charge in [0.2, 0.25) is 5.91 Å². The van der Waals surface area contributed by atoms with Gasteiger partial charge in [-0.15, -0.1) is 0 Å². The third-order valence-electron chi connectivity index (χ3n) is 5.09. The predicted octanol–water partition coefficient (Wildman–Crippen LogP) is 1.88. The second-order valence-corrected chi connectivity index (χ2v) is 7.47. The van der Waals surface area contributed by atoms with Crippen LogP contribution in [-0.4, -0.2) is 56.4 Å². The Hall–Kier alpha value is -3.10. The Balaban J connectivity index is 1.31. The third-order valence-corrected chi connectivity index (χ3v) is 5.09. The van der Waals surface area contributed by atoms with E-state index in [1.807, 2.05) is 37.3 Å². The Kier molecular flexibility index (Phi) is 6.46. The molecular formula is C22H26N6O2. The van der Waals surface area contributed by atoms with Gasteiger partial charge in [-0.05, 0) is 18.6 Å². The molecule has 0 aliphatic carbocycles. The molecule has 0 radical (unpaired) electrons. The summed E-state index contributed by atoms with van der Waals surface area (Å²) in [6.45, 7) is 5.44. The van der Waals surface area contributed by atoms with Gasteiger partial charge >= 0.3 is 0 Å². The number of aromatic nitrogens is 4. The van der Waals surface area contributed by atoms with E-state index in [2.05, 4.69) is 37.4 Å². The fourth-order valence-electron chi connectivity index (χ4n) is 3.59. The van der Waals surface area contributed by atoms with Crippen molar-refractivity contribution in [3.8, 4) is 5.82 Å². The second-order valence-electron chi connectivity index (χ2n) is 7.47. The van der Waals surface area contributed by atoms with Gasteiger partial charge in [-0.25, -0.2) is 14.6 Å². The summed E-state index contributed by atoms with van der Waals surface area (Å²) in [5.74, 6) is 0.641. The van der Waals surface area contributed by atoms with Crippen LogP contribution in [0.15, 0.2) is 55.1 Å². The molecule has 8 nitrogen and oxygen atoms in total. The molecule has 4 rings (SSSR count). The van der Waals surface area contributed by atoms with E-state index >= 15 is 0 Å². The van der Waals surface area contributed by atoms with Crippen molar-refractivity contribution in [3.05, 3.63) is 71.9 Å².